The molecule has 2 heterocycles. The van der Waals surface area contributed by atoms with E-state index < -0.39 is 0 Å². The van der Waals surface area contributed by atoms with Crippen LogP contribution in [0, 0.1) is 12.8 Å². The zero-order chi connectivity index (χ0) is 11.5. The van der Waals surface area contributed by atoms with Gasteiger partial charge in [-0.25, -0.2) is 4.98 Å². The molecule has 1 fully saturated rings. The van der Waals surface area contributed by atoms with Gasteiger partial charge in [0.05, 0.1) is 0 Å². The van der Waals surface area contributed by atoms with Crippen molar-refractivity contribution in [3.05, 3.63) is 11.8 Å². The van der Waals surface area contributed by atoms with Crippen molar-refractivity contribution in [3.63, 3.8) is 0 Å². The molecule has 0 saturated carbocycles. The van der Waals surface area contributed by atoms with Crippen molar-refractivity contribution in [2.45, 2.75) is 33.1 Å². The first-order valence-corrected chi connectivity index (χ1v) is 6.04. The number of aryl methyl sites for hydroxylation is 1. The quantitative estimate of drug-likeness (QED) is 0.828. The maximum Gasteiger partial charge on any atom is 0.221 e. The first kappa shape index (κ1) is 11.2. The zero-order valence-corrected chi connectivity index (χ0v) is 10.1. The van der Waals surface area contributed by atoms with Gasteiger partial charge in [-0.2, -0.15) is 4.98 Å². The lowest BCUT2D eigenvalue weighted by Gasteiger charge is -2.33. The lowest BCUT2D eigenvalue weighted by atomic mass is 9.95. The van der Waals surface area contributed by atoms with Gasteiger partial charge >= 0.3 is 0 Å². The molecule has 0 aliphatic carbocycles. The van der Waals surface area contributed by atoms with E-state index in [0.717, 1.165) is 30.4 Å². The van der Waals surface area contributed by atoms with Gasteiger partial charge in [0, 0.05) is 24.8 Å². The van der Waals surface area contributed by atoms with Crippen molar-refractivity contribution in [1.82, 2.24) is 9.97 Å². The summed E-state index contributed by atoms with van der Waals surface area (Å²) in [5.74, 6) is 2.19. The van der Waals surface area contributed by atoms with Crippen molar-refractivity contribution in [1.29, 1.82) is 0 Å². The molecular formula is C12H20N4. The average Bonchev–Trinajstić information content (AvgIpc) is 2.32. The van der Waals surface area contributed by atoms with E-state index in [0.29, 0.717) is 5.95 Å². The second-order valence-electron chi connectivity index (χ2n) is 4.60. The molecular weight excluding hydrogens is 200 g/mol. The number of nitrogens with zero attached hydrogens (tertiary/aromatic N) is 3. The maximum atomic E-state index is 5.65. The highest BCUT2D eigenvalue weighted by molar-refractivity contribution is 5.48. The number of aromatic nitrogens is 2. The number of piperidine rings is 1. The molecule has 1 unspecified atom stereocenters. The van der Waals surface area contributed by atoms with Crippen molar-refractivity contribution < 1.29 is 0 Å². The molecule has 16 heavy (non-hydrogen) atoms. The Labute approximate surface area is 96.9 Å². The number of hydrogen-bond donors (Lipinski definition) is 1. The Kier molecular flexibility index (Phi) is 3.27. The van der Waals surface area contributed by atoms with Gasteiger partial charge < -0.3 is 10.6 Å². The molecule has 0 amide bonds. The summed E-state index contributed by atoms with van der Waals surface area (Å²) in [4.78, 5) is 10.7. The van der Waals surface area contributed by atoms with Crippen LogP contribution in [0.1, 0.15) is 31.7 Å². The van der Waals surface area contributed by atoms with Gasteiger partial charge in [-0.15, -0.1) is 0 Å². The van der Waals surface area contributed by atoms with E-state index in [1.807, 2.05) is 13.1 Å². The third kappa shape index (κ3) is 2.26. The number of hydrogen-bond acceptors (Lipinski definition) is 4. The third-order valence-electron chi connectivity index (χ3n) is 3.36. The Morgan fingerprint density at radius 1 is 1.56 bits per heavy atom. The highest BCUT2D eigenvalue weighted by Gasteiger charge is 2.20. The predicted molar refractivity (Wildman–Crippen MR) is 66.4 cm³/mol. The van der Waals surface area contributed by atoms with E-state index in [-0.39, 0.29) is 0 Å². The molecule has 4 heteroatoms. The topological polar surface area (TPSA) is 55.0 Å². The number of anilines is 2. The number of nitrogen functional groups attached to an aromatic ring is 1. The van der Waals surface area contributed by atoms with Crippen LogP contribution < -0.4 is 10.6 Å². The summed E-state index contributed by atoms with van der Waals surface area (Å²) in [6.45, 7) is 6.50. The third-order valence-corrected chi connectivity index (χ3v) is 3.36. The van der Waals surface area contributed by atoms with Gasteiger partial charge in [-0.3, -0.25) is 0 Å². The first-order chi connectivity index (χ1) is 7.70. The Balaban J connectivity index is 2.19. The lowest BCUT2D eigenvalue weighted by molar-refractivity contribution is 0.402. The highest BCUT2D eigenvalue weighted by atomic mass is 15.2. The minimum absolute atomic E-state index is 0.374. The number of rotatable bonds is 2. The largest absolute Gasteiger partial charge is 0.368 e. The normalized spacial score (nSPS) is 21.1. The fourth-order valence-electron chi connectivity index (χ4n) is 2.36. The van der Waals surface area contributed by atoms with Gasteiger partial charge in [-0.1, -0.05) is 13.3 Å². The molecule has 0 bridgehead atoms. The van der Waals surface area contributed by atoms with Gasteiger partial charge in [0.15, 0.2) is 0 Å². The molecule has 2 N–H and O–H groups in total. The standard InChI is InChI=1S/C12H20N4/c1-3-10-5-4-6-16(8-10)11-9(2)7-14-12(13)15-11/h7,10H,3-6,8H2,1-2H3,(H2,13,14,15). The maximum absolute atomic E-state index is 5.65. The minimum atomic E-state index is 0.374. The molecule has 4 nitrogen and oxygen atoms in total. The summed E-state index contributed by atoms with van der Waals surface area (Å²) in [6, 6.07) is 0. The van der Waals surface area contributed by atoms with E-state index in [1.165, 1.54) is 19.3 Å². The molecule has 0 aromatic carbocycles. The summed E-state index contributed by atoms with van der Waals surface area (Å²) in [5.41, 5.74) is 6.77. The Morgan fingerprint density at radius 3 is 3.12 bits per heavy atom. The van der Waals surface area contributed by atoms with Crippen LogP contribution in [0.3, 0.4) is 0 Å². The summed E-state index contributed by atoms with van der Waals surface area (Å²) in [6.07, 6.45) is 5.65. The molecule has 88 valence electrons. The van der Waals surface area contributed by atoms with Crippen molar-refractivity contribution >= 4 is 11.8 Å². The smallest absolute Gasteiger partial charge is 0.221 e. The van der Waals surface area contributed by atoms with Crippen LogP contribution in [-0.2, 0) is 0 Å². The fraction of sp³-hybridized carbons (Fsp3) is 0.667. The van der Waals surface area contributed by atoms with Crippen LogP contribution >= 0.6 is 0 Å². The van der Waals surface area contributed by atoms with E-state index in [1.54, 1.807) is 0 Å². The molecule has 1 saturated heterocycles. The van der Waals surface area contributed by atoms with Gasteiger partial charge in [0.1, 0.15) is 5.82 Å². The Bertz CT molecular complexity index is 364. The highest BCUT2D eigenvalue weighted by Crippen LogP contribution is 2.25. The Hall–Kier alpha value is -1.32. The molecule has 1 atom stereocenters. The lowest BCUT2D eigenvalue weighted by Crippen LogP contribution is -2.36. The van der Waals surface area contributed by atoms with Crippen molar-refractivity contribution in [2.75, 3.05) is 23.7 Å². The van der Waals surface area contributed by atoms with Gasteiger partial charge in [0.2, 0.25) is 5.95 Å². The molecule has 0 radical (unpaired) electrons. The second kappa shape index (κ2) is 4.68. The predicted octanol–water partition coefficient (Wildman–Crippen LogP) is 1.99. The van der Waals surface area contributed by atoms with Gasteiger partial charge in [0.25, 0.3) is 0 Å². The first-order valence-electron chi connectivity index (χ1n) is 6.04. The zero-order valence-electron chi connectivity index (χ0n) is 10.1. The van der Waals surface area contributed by atoms with E-state index in [4.69, 9.17) is 5.73 Å². The van der Waals surface area contributed by atoms with Crippen LogP contribution in [0.4, 0.5) is 11.8 Å². The minimum Gasteiger partial charge on any atom is -0.368 e. The van der Waals surface area contributed by atoms with E-state index >= 15 is 0 Å². The molecule has 2 rings (SSSR count). The Morgan fingerprint density at radius 2 is 2.38 bits per heavy atom. The molecule has 1 aromatic heterocycles. The summed E-state index contributed by atoms with van der Waals surface area (Å²) < 4.78 is 0. The monoisotopic (exact) mass is 220 g/mol. The van der Waals surface area contributed by atoms with Crippen molar-refractivity contribution in [3.8, 4) is 0 Å². The molecule has 1 aliphatic rings. The van der Waals surface area contributed by atoms with Crippen molar-refractivity contribution in [2.24, 2.45) is 5.92 Å². The fourth-order valence-corrected chi connectivity index (χ4v) is 2.36. The van der Waals surface area contributed by atoms with Crippen LogP contribution in [-0.4, -0.2) is 23.1 Å². The van der Waals surface area contributed by atoms with Crippen LogP contribution in [0.25, 0.3) is 0 Å². The van der Waals surface area contributed by atoms with E-state index in [9.17, 15) is 0 Å². The summed E-state index contributed by atoms with van der Waals surface area (Å²) in [5, 5.41) is 0. The molecule has 0 spiro atoms. The SMILES string of the molecule is CCC1CCCN(c2nc(N)ncc2C)C1. The number of nitrogens with two attached hydrogens (primary N) is 1. The van der Waals surface area contributed by atoms with Crippen LogP contribution in [0.2, 0.25) is 0 Å². The average molecular weight is 220 g/mol. The van der Waals surface area contributed by atoms with E-state index in [2.05, 4.69) is 21.8 Å². The summed E-state index contributed by atoms with van der Waals surface area (Å²) >= 11 is 0. The van der Waals surface area contributed by atoms with Crippen LogP contribution in [0.5, 0.6) is 0 Å². The van der Waals surface area contributed by atoms with Crippen LogP contribution in [0.15, 0.2) is 6.20 Å². The molecule has 1 aliphatic heterocycles. The second-order valence-corrected chi connectivity index (χ2v) is 4.60. The van der Waals surface area contributed by atoms with Gasteiger partial charge in [-0.05, 0) is 25.7 Å². The molecule has 1 aromatic rings. The summed E-state index contributed by atoms with van der Waals surface area (Å²) in [7, 11) is 0.